The van der Waals surface area contributed by atoms with Crippen molar-refractivity contribution in [2.24, 2.45) is 5.73 Å². The summed E-state index contributed by atoms with van der Waals surface area (Å²) in [5.74, 6) is 1.49. The van der Waals surface area contributed by atoms with Gasteiger partial charge in [-0.3, -0.25) is 0 Å². The average Bonchev–Trinajstić information content (AvgIpc) is 3.01. The molecule has 2 aromatic rings. The fraction of sp³-hybridized carbons (Fsp3) is 0.571. The fourth-order valence-corrected chi connectivity index (χ4v) is 2.76. The fourth-order valence-electron chi connectivity index (χ4n) is 2.76. The summed E-state index contributed by atoms with van der Waals surface area (Å²) in [7, 11) is 1.55. The standard InChI is InChI=1S/C14H19N5O2/c1-14(6-4-3-5-10(14)15)13-18-12(19-21-13)9-7-11(20-2)17-8-16-9/h7-8,10H,3-6,15H2,1-2H3. The Bertz CT molecular complexity index is 629. The van der Waals surface area contributed by atoms with Gasteiger partial charge in [0.05, 0.1) is 12.5 Å². The summed E-state index contributed by atoms with van der Waals surface area (Å²) in [6, 6.07) is 1.72. The summed E-state index contributed by atoms with van der Waals surface area (Å²) in [5, 5.41) is 4.03. The molecule has 1 aliphatic carbocycles. The predicted molar refractivity (Wildman–Crippen MR) is 75.7 cm³/mol. The van der Waals surface area contributed by atoms with Gasteiger partial charge in [-0.15, -0.1) is 0 Å². The number of ether oxygens (including phenoxy) is 1. The van der Waals surface area contributed by atoms with Crippen molar-refractivity contribution in [3.05, 3.63) is 18.3 Å². The molecule has 2 unspecified atom stereocenters. The van der Waals surface area contributed by atoms with Crippen molar-refractivity contribution in [1.29, 1.82) is 0 Å². The molecule has 7 nitrogen and oxygen atoms in total. The Morgan fingerprint density at radius 3 is 3.00 bits per heavy atom. The van der Waals surface area contributed by atoms with Crippen LogP contribution in [0.15, 0.2) is 16.9 Å². The monoisotopic (exact) mass is 289 g/mol. The molecule has 1 saturated carbocycles. The average molecular weight is 289 g/mol. The normalized spacial score (nSPS) is 25.8. The summed E-state index contributed by atoms with van der Waals surface area (Å²) in [4.78, 5) is 12.6. The van der Waals surface area contributed by atoms with E-state index >= 15 is 0 Å². The largest absolute Gasteiger partial charge is 0.481 e. The molecular weight excluding hydrogens is 270 g/mol. The first-order valence-corrected chi connectivity index (χ1v) is 7.09. The molecule has 2 N–H and O–H groups in total. The lowest BCUT2D eigenvalue weighted by Crippen LogP contribution is -2.45. The van der Waals surface area contributed by atoms with Crippen molar-refractivity contribution in [2.75, 3.05) is 7.11 Å². The molecule has 7 heteroatoms. The highest BCUT2D eigenvalue weighted by Gasteiger charge is 2.40. The maximum absolute atomic E-state index is 6.27. The van der Waals surface area contributed by atoms with Gasteiger partial charge in [0.1, 0.15) is 12.0 Å². The molecular formula is C14H19N5O2. The summed E-state index contributed by atoms with van der Waals surface area (Å²) in [6.45, 7) is 2.09. The van der Waals surface area contributed by atoms with Gasteiger partial charge in [-0.1, -0.05) is 18.0 Å². The number of aromatic nitrogens is 4. The second-order valence-electron chi connectivity index (χ2n) is 5.64. The van der Waals surface area contributed by atoms with Crippen LogP contribution in [0.1, 0.15) is 38.5 Å². The van der Waals surface area contributed by atoms with Gasteiger partial charge in [-0.2, -0.15) is 4.98 Å². The SMILES string of the molecule is COc1cc(-c2noc(C3(C)CCCCC3N)n2)ncn1. The molecule has 1 fully saturated rings. The molecule has 0 radical (unpaired) electrons. The number of rotatable bonds is 3. The molecule has 0 aromatic carbocycles. The highest BCUT2D eigenvalue weighted by atomic mass is 16.5. The third-order valence-electron chi connectivity index (χ3n) is 4.27. The van der Waals surface area contributed by atoms with E-state index in [1.54, 1.807) is 13.2 Å². The van der Waals surface area contributed by atoms with Crippen molar-refractivity contribution in [1.82, 2.24) is 20.1 Å². The minimum atomic E-state index is -0.263. The smallest absolute Gasteiger partial charge is 0.234 e. The van der Waals surface area contributed by atoms with Gasteiger partial charge < -0.3 is 15.0 Å². The van der Waals surface area contributed by atoms with Crippen LogP contribution in [0.2, 0.25) is 0 Å². The summed E-state index contributed by atoms with van der Waals surface area (Å²) >= 11 is 0. The Morgan fingerprint density at radius 2 is 2.24 bits per heavy atom. The van der Waals surface area contributed by atoms with E-state index in [0.29, 0.717) is 23.3 Å². The van der Waals surface area contributed by atoms with Crippen molar-refractivity contribution >= 4 is 0 Å². The van der Waals surface area contributed by atoms with Crippen LogP contribution in [0.4, 0.5) is 0 Å². The zero-order valence-electron chi connectivity index (χ0n) is 12.2. The molecule has 21 heavy (non-hydrogen) atoms. The van der Waals surface area contributed by atoms with E-state index in [0.717, 1.165) is 25.7 Å². The Kier molecular flexibility index (Phi) is 3.59. The highest BCUT2D eigenvalue weighted by Crippen LogP contribution is 2.37. The predicted octanol–water partition coefficient (Wildman–Crippen LogP) is 1.69. The Balaban J connectivity index is 1.92. The summed E-state index contributed by atoms with van der Waals surface area (Å²) in [5.41, 5.74) is 6.58. The van der Waals surface area contributed by atoms with Gasteiger partial charge in [0.2, 0.25) is 17.6 Å². The topological polar surface area (TPSA) is 100.0 Å². The molecule has 0 saturated heterocycles. The Hall–Kier alpha value is -2.02. The van der Waals surface area contributed by atoms with Gasteiger partial charge >= 0.3 is 0 Å². The molecule has 2 atom stereocenters. The van der Waals surface area contributed by atoms with Crippen molar-refractivity contribution < 1.29 is 9.26 Å². The quantitative estimate of drug-likeness (QED) is 0.917. The zero-order valence-corrected chi connectivity index (χ0v) is 12.2. The third kappa shape index (κ3) is 2.49. The van der Waals surface area contributed by atoms with Crippen LogP contribution in [-0.4, -0.2) is 33.3 Å². The number of hydrogen-bond acceptors (Lipinski definition) is 7. The van der Waals surface area contributed by atoms with Gasteiger partial charge in [0.25, 0.3) is 0 Å². The lowest BCUT2D eigenvalue weighted by Gasteiger charge is -2.35. The van der Waals surface area contributed by atoms with Crippen molar-refractivity contribution in [2.45, 2.75) is 44.1 Å². The van der Waals surface area contributed by atoms with E-state index < -0.39 is 0 Å². The molecule has 0 amide bonds. The first-order chi connectivity index (χ1) is 10.1. The third-order valence-corrected chi connectivity index (χ3v) is 4.27. The molecule has 1 aliphatic rings. The minimum absolute atomic E-state index is 0.0412. The maximum atomic E-state index is 6.27. The summed E-state index contributed by atoms with van der Waals surface area (Å²) in [6.07, 6.45) is 5.64. The first-order valence-electron chi connectivity index (χ1n) is 7.09. The number of methoxy groups -OCH3 is 1. The molecule has 2 aromatic heterocycles. The van der Waals surface area contributed by atoms with Crippen LogP contribution in [0.3, 0.4) is 0 Å². The van der Waals surface area contributed by atoms with Crippen LogP contribution in [0.5, 0.6) is 5.88 Å². The molecule has 0 spiro atoms. The second kappa shape index (κ2) is 5.40. The van der Waals surface area contributed by atoms with Crippen LogP contribution in [-0.2, 0) is 5.41 Å². The van der Waals surface area contributed by atoms with Crippen molar-refractivity contribution in [3.63, 3.8) is 0 Å². The molecule has 0 aliphatic heterocycles. The molecule has 3 rings (SSSR count). The van der Waals surface area contributed by atoms with E-state index in [1.165, 1.54) is 6.33 Å². The van der Waals surface area contributed by atoms with Crippen LogP contribution >= 0.6 is 0 Å². The van der Waals surface area contributed by atoms with E-state index in [4.69, 9.17) is 15.0 Å². The number of nitrogens with zero attached hydrogens (tertiary/aromatic N) is 4. The zero-order chi connectivity index (χ0) is 14.9. The first kappa shape index (κ1) is 13.9. The Morgan fingerprint density at radius 1 is 1.38 bits per heavy atom. The summed E-state index contributed by atoms with van der Waals surface area (Å²) < 4.78 is 10.5. The number of hydrogen-bond donors (Lipinski definition) is 1. The number of nitrogens with two attached hydrogens (primary N) is 1. The Labute approximate surface area is 122 Å². The lowest BCUT2D eigenvalue weighted by atomic mass is 9.72. The van der Waals surface area contributed by atoms with E-state index in [-0.39, 0.29) is 11.5 Å². The lowest BCUT2D eigenvalue weighted by molar-refractivity contribution is 0.203. The molecule has 2 heterocycles. The van der Waals surface area contributed by atoms with Gasteiger partial charge in [-0.05, 0) is 19.8 Å². The van der Waals surface area contributed by atoms with E-state index in [9.17, 15) is 0 Å². The second-order valence-corrected chi connectivity index (χ2v) is 5.64. The van der Waals surface area contributed by atoms with Crippen molar-refractivity contribution in [3.8, 4) is 17.4 Å². The van der Waals surface area contributed by atoms with E-state index in [1.807, 2.05) is 0 Å². The molecule has 0 bridgehead atoms. The minimum Gasteiger partial charge on any atom is -0.481 e. The van der Waals surface area contributed by atoms with Gasteiger partial charge in [0, 0.05) is 12.1 Å². The van der Waals surface area contributed by atoms with Gasteiger partial charge in [-0.25, -0.2) is 9.97 Å². The molecule has 112 valence electrons. The van der Waals surface area contributed by atoms with Crippen LogP contribution in [0, 0.1) is 0 Å². The van der Waals surface area contributed by atoms with E-state index in [2.05, 4.69) is 27.0 Å². The van der Waals surface area contributed by atoms with Crippen LogP contribution < -0.4 is 10.5 Å². The van der Waals surface area contributed by atoms with Gasteiger partial charge in [0.15, 0.2) is 0 Å². The van der Waals surface area contributed by atoms with Crippen LogP contribution in [0.25, 0.3) is 11.5 Å². The highest BCUT2D eigenvalue weighted by molar-refractivity contribution is 5.49. The maximum Gasteiger partial charge on any atom is 0.234 e.